The maximum atomic E-state index is 12.3. The summed E-state index contributed by atoms with van der Waals surface area (Å²) in [5, 5.41) is 0. The van der Waals surface area contributed by atoms with Gasteiger partial charge in [-0.25, -0.2) is 13.3 Å². The molecule has 0 bridgehead atoms. The fourth-order valence-electron chi connectivity index (χ4n) is 1.79. The number of nitrogens with two attached hydrogens (primary N) is 2. The van der Waals surface area contributed by atoms with E-state index in [9.17, 15) is 13.2 Å². The second-order valence-electron chi connectivity index (χ2n) is 4.35. The molecule has 0 atom stereocenters. The van der Waals surface area contributed by atoms with Crippen molar-refractivity contribution < 1.29 is 13.2 Å². The Morgan fingerprint density at radius 2 is 1.86 bits per heavy atom. The number of hydrogen-bond acceptors (Lipinski definition) is 4. The van der Waals surface area contributed by atoms with Gasteiger partial charge in [-0.3, -0.25) is 9.52 Å². The summed E-state index contributed by atoms with van der Waals surface area (Å²) in [5.74, 6) is -0.756. The van der Waals surface area contributed by atoms with Gasteiger partial charge in [0.25, 0.3) is 15.9 Å². The van der Waals surface area contributed by atoms with E-state index in [2.05, 4.69) is 9.57 Å². The smallest absolute Gasteiger partial charge is 0.260 e. The van der Waals surface area contributed by atoms with Crippen molar-refractivity contribution in [3.63, 3.8) is 0 Å². The van der Waals surface area contributed by atoms with E-state index in [0.29, 0.717) is 0 Å². The maximum Gasteiger partial charge on any atom is 0.260 e. The third-order valence-electron chi connectivity index (χ3n) is 2.87. The Labute approximate surface area is 127 Å². The minimum absolute atomic E-state index is 0.0232. The third-order valence-corrected chi connectivity index (χ3v) is 4.24. The van der Waals surface area contributed by atoms with Crippen molar-refractivity contribution in [1.29, 1.82) is 0 Å². The highest BCUT2D eigenvalue weighted by Gasteiger charge is 2.18. The number of carbonyl (C=O) groups is 1. The van der Waals surface area contributed by atoms with Crippen molar-refractivity contribution >= 4 is 33.0 Å². The van der Waals surface area contributed by atoms with Crippen LogP contribution < -0.4 is 16.2 Å². The zero-order valence-electron chi connectivity index (χ0n) is 11.3. The van der Waals surface area contributed by atoms with Gasteiger partial charge in [-0.05, 0) is 24.3 Å². The molecule has 0 aromatic heterocycles. The summed E-state index contributed by atoms with van der Waals surface area (Å²) in [4.78, 5) is 14.3. The first-order valence-electron chi connectivity index (χ1n) is 6.04. The van der Waals surface area contributed by atoms with Crippen molar-refractivity contribution in [2.45, 2.75) is 4.90 Å². The Morgan fingerprint density at radius 3 is 2.50 bits per heavy atom. The number of anilines is 2. The summed E-state index contributed by atoms with van der Waals surface area (Å²) in [6, 6.07) is 9.82. The maximum absolute atomic E-state index is 12.3. The van der Waals surface area contributed by atoms with Crippen molar-refractivity contribution in [3.8, 4) is 0 Å². The molecule has 8 heteroatoms. The van der Waals surface area contributed by atoms with Gasteiger partial charge in [0.2, 0.25) is 0 Å². The van der Waals surface area contributed by atoms with Gasteiger partial charge in [-0.2, -0.15) is 0 Å². The lowest BCUT2D eigenvalue weighted by Crippen LogP contribution is -2.17. The van der Waals surface area contributed by atoms with E-state index < -0.39 is 15.9 Å². The Hall–Kier alpha value is -3.05. The SMILES string of the molecule is [C-]#[N+]c1cccc(S(=O)(=O)Nc2cccc(C(N)=O)c2N)c1. The van der Waals surface area contributed by atoms with Crippen molar-refractivity contribution in [2.24, 2.45) is 5.73 Å². The number of nitrogen functional groups attached to an aromatic ring is 1. The highest BCUT2D eigenvalue weighted by Crippen LogP contribution is 2.26. The van der Waals surface area contributed by atoms with Gasteiger partial charge < -0.3 is 11.5 Å². The second-order valence-corrected chi connectivity index (χ2v) is 6.03. The van der Waals surface area contributed by atoms with Crippen LogP contribution in [0.1, 0.15) is 10.4 Å². The number of carbonyl (C=O) groups excluding carboxylic acids is 1. The highest BCUT2D eigenvalue weighted by atomic mass is 32.2. The molecule has 0 fully saturated rings. The Kier molecular flexibility index (Phi) is 4.01. The molecule has 112 valence electrons. The van der Waals surface area contributed by atoms with E-state index in [1.54, 1.807) is 0 Å². The van der Waals surface area contributed by atoms with Crippen molar-refractivity contribution in [1.82, 2.24) is 0 Å². The molecule has 22 heavy (non-hydrogen) atoms. The Balaban J connectivity index is 2.44. The first-order valence-corrected chi connectivity index (χ1v) is 7.52. The summed E-state index contributed by atoms with van der Waals surface area (Å²) in [7, 11) is -3.94. The van der Waals surface area contributed by atoms with Crippen LogP contribution in [0.25, 0.3) is 4.85 Å². The number of nitrogens with one attached hydrogen (secondary N) is 1. The molecule has 2 aromatic rings. The predicted molar refractivity (Wildman–Crippen MR) is 82.9 cm³/mol. The average molecular weight is 316 g/mol. The van der Waals surface area contributed by atoms with Gasteiger partial charge in [0.15, 0.2) is 5.69 Å². The first-order chi connectivity index (χ1) is 10.3. The Morgan fingerprint density at radius 1 is 1.18 bits per heavy atom. The zero-order chi connectivity index (χ0) is 16.3. The number of para-hydroxylation sites is 1. The van der Waals surface area contributed by atoms with Crippen LogP contribution >= 0.6 is 0 Å². The minimum atomic E-state index is -3.94. The summed E-state index contributed by atoms with van der Waals surface area (Å²) in [6.07, 6.45) is 0. The molecular weight excluding hydrogens is 304 g/mol. The number of amides is 1. The van der Waals surface area contributed by atoms with E-state index in [0.717, 1.165) is 0 Å². The molecule has 2 rings (SSSR count). The summed E-state index contributed by atoms with van der Waals surface area (Å²) in [5.41, 5.74) is 11.1. The van der Waals surface area contributed by atoms with Crippen molar-refractivity contribution in [3.05, 3.63) is 59.4 Å². The van der Waals surface area contributed by atoms with Gasteiger partial charge >= 0.3 is 0 Å². The quantitative estimate of drug-likeness (QED) is 0.587. The average Bonchev–Trinajstić information content (AvgIpc) is 2.49. The monoisotopic (exact) mass is 316 g/mol. The number of benzene rings is 2. The van der Waals surface area contributed by atoms with E-state index in [1.165, 1.54) is 42.5 Å². The van der Waals surface area contributed by atoms with Crippen LogP contribution in [-0.4, -0.2) is 14.3 Å². The standard InChI is InChI=1S/C14H12N4O3S/c1-17-9-4-2-5-10(8-9)22(20,21)18-12-7-3-6-11(13(12)15)14(16)19/h2-8,18H,15H2,(H2,16,19). The molecule has 0 unspecified atom stereocenters. The van der Waals surface area contributed by atoms with E-state index in [1.807, 2.05) is 0 Å². The van der Waals surface area contributed by atoms with Gasteiger partial charge in [-0.15, -0.1) is 0 Å². The molecule has 0 aliphatic rings. The lowest BCUT2D eigenvalue weighted by molar-refractivity contribution is 0.100. The molecule has 7 nitrogen and oxygen atoms in total. The van der Waals surface area contributed by atoms with E-state index in [4.69, 9.17) is 18.0 Å². The van der Waals surface area contributed by atoms with Crippen LogP contribution in [0.3, 0.4) is 0 Å². The number of nitrogens with zero attached hydrogens (tertiary/aromatic N) is 1. The molecule has 0 radical (unpaired) electrons. The molecule has 1 amide bonds. The molecule has 0 saturated carbocycles. The largest absolute Gasteiger partial charge is 0.396 e. The number of hydrogen-bond donors (Lipinski definition) is 3. The summed E-state index contributed by atoms with van der Waals surface area (Å²) >= 11 is 0. The van der Waals surface area contributed by atoms with Crippen LogP contribution in [0.5, 0.6) is 0 Å². The van der Waals surface area contributed by atoms with Gasteiger partial charge in [-0.1, -0.05) is 18.2 Å². The lowest BCUT2D eigenvalue weighted by Gasteiger charge is -2.12. The Bertz CT molecular complexity index is 885. The van der Waals surface area contributed by atoms with Gasteiger partial charge in [0.05, 0.1) is 28.4 Å². The van der Waals surface area contributed by atoms with E-state index >= 15 is 0 Å². The molecular formula is C14H12N4O3S. The minimum Gasteiger partial charge on any atom is -0.396 e. The molecule has 0 heterocycles. The van der Waals surface area contributed by atoms with Gasteiger partial charge in [0.1, 0.15) is 0 Å². The molecule has 5 N–H and O–H groups in total. The fraction of sp³-hybridized carbons (Fsp3) is 0. The van der Waals surface area contributed by atoms with Crippen LogP contribution in [0.15, 0.2) is 47.4 Å². The van der Waals surface area contributed by atoms with Crippen LogP contribution in [-0.2, 0) is 10.0 Å². The number of rotatable bonds is 4. The normalized spacial score (nSPS) is 10.7. The first kappa shape index (κ1) is 15.3. The molecule has 0 aliphatic carbocycles. The topological polar surface area (TPSA) is 120 Å². The zero-order valence-corrected chi connectivity index (χ0v) is 12.1. The van der Waals surface area contributed by atoms with Crippen LogP contribution in [0.2, 0.25) is 0 Å². The van der Waals surface area contributed by atoms with Crippen molar-refractivity contribution in [2.75, 3.05) is 10.5 Å². The predicted octanol–water partition coefficient (Wildman–Crippen LogP) is 1.72. The van der Waals surface area contributed by atoms with Gasteiger partial charge in [0, 0.05) is 0 Å². The third kappa shape index (κ3) is 2.99. The lowest BCUT2D eigenvalue weighted by atomic mass is 10.1. The van der Waals surface area contributed by atoms with Crippen LogP contribution in [0, 0.1) is 6.57 Å². The highest BCUT2D eigenvalue weighted by molar-refractivity contribution is 7.92. The summed E-state index contributed by atoms with van der Waals surface area (Å²) < 4.78 is 26.9. The molecule has 0 aliphatic heterocycles. The fourth-order valence-corrected chi connectivity index (χ4v) is 2.91. The number of primary amides is 1. The molecule has 2 aromatic carbocycles. The second kappa shape index (κ2) is 5.75. The van der Waals surface area contributed by atoms with E-state index in [-0.39, 0.29) is 27.5 Å². The number of sulfonamides is 1. The molecule has 0 spiro atoms. The molecule has 0 saturated heterocycles. The van der Waals surface area contributed by atoms with Crippen LogP contribution in [0.4, 0.5) is 17.1 Å². The summed E-state index contributed by atoms with van der Waals surface area (Å²) in [6.45, 7) is 6.91.